The average molecular weight is 368 g/mol. The van der Waals surface area contributed by atoms with E-state index in [0.717, 1.165) is 5.39 Å². The highest BCUT2D eigenvalue weighted by Gasteiger charge is 2.28. The van der Waals surface area contributed by atoms with Crippen molar-refractivity contribution in [2.45, 2.75) is 5.03 Å². The molecular formula is C14H10ClN3O3S2. The summed E-state index contributed by atoms with van der Waals surface area (Å²) in [5.41, 5.74) is 0.519. The van der Waals surface area contributed by atoms with Crippen molar-refractivity contribution in [3.05, 3.63) is 47.2 Å². The van der Waals surface area contributed by atoms with E-state index in [1.807, 2.05) is 0 Å². The van der Waals surface area contributed by atoms with Crippen molar-refractivity contribution < 1.29 is 13.2 Å². The number of fused-ring (bicyclic) bond motifs is 2. The maximum Gasteiger partial charge on any atom is 0.287 e. The Balaban J connectivity index is 2.02. The van der Waals surface area contributed by atoms with Crippen LogP contribution in [-0.2, 0) is 10.0 Å². The van der Waals surface area contributed by atoms with E-state index in [4.69, 9.17) is 16.3 Å². The Morgan fingerprint density at radius 1 is 1.26 bits per heavy atom. The van der Waals surface area contributed by atoms with Crippen LogP contribution in [0, 0.1) is 0 Å². The molecule has 3 aromatic heterocycles. The van der Waals surface area contributed by atoms with E-state index >= 15 is 0 Å². The van der Waals surface area contributed by atoms with Crippen LogP contribution in [-0.4, -0.2) is 28.9 Å². The van der Waals surface area contributed by atoms with E-state index in [1.54, 1.807) is 35.8 Å². The molecule has 0 unspecified atom stereocenters. The normalized spacial score (nSPS) is 12.3. The molecule has 6 nitrogen and oxygen atoms in total. The van der Waals surface area contributed by atoms with Crippen LogP contribution in [0.1, 0.15) is 0 Å². The Kier molecular flexibility index (Phi) is 3.15. The van der Waals surface area contributed by atoms with Gasteiger partial charge in [-0.3, -0.25) is 4.40 Å². The summed E-state index contributed by atoms with van der Waals surface area (Å²) in [6.07, 6.45) is 3.14. The molecular weight excluding hydrogens is 358 g/mol. The van der Waals surface area contributed by atoms with Crippen molar-refractivity contribution in [1.82, 2.24) is 13.4 Å². The number of rotatable bonds is 3. The number of hydrogen-bond acceptors (Lipinski definition) is 5. The number of nitrogens with zero attached hydrogens (tertiary/aromatic N) is 3. The minimum absolute atomic E-state index is 0.0402. The number of methoxy groups -OCH3 is 1. The van der Waals surface area contributed by atoms with Crippen molar-refractivity contribution in [3.63, 3.8) is 0 Å². The molecule has 0 aliphatic heterocycles. The highest BCUT2D eigenvalue weighted by Crippen LogP contribution is 2.30. The zero-order valence-electron chi connectivity index (χ0n) is 11.8. The van der Waals surface area contributed by atoms with Crippen LogP contribution in [0.3, 0.4) is 0 Å². The SMILES string of the molecule is COc1ccc2ccn(S(=O)(=O)c3c(Cl)nc4sccn34)c2c1. The van der Waals surface area contributed by atoms with Gasteiger partial charge in [0.05, 0.1) is 12.6 Å². The zero-order chi connectivity index (χ0) is 16.2. The number of aromatic nitrogens is 3. The second kappa shape index (κ2) is 4.98. The molecule has 0 atom stereocenters. The van der Waals surface area contributed by atoms with Crippen LogP contribution in [0.15, 0.2) is 47.1 Å². The predicted molar refractivity (Wildman–Crippen MR) is 89.2 cm³/mol. The fourth-order valence-corrected chi connectivity index (χ4v) is 5.25. The van der Waals surface area contributed by atoms with Crippen molar-refractivity contribution in [2.75, 3.05) is 7.11 Å². The first-order chi connectivity index (χ1) is 11.0. The fraction of sp³-hybridized carbons (Fsp3) is 0.0714. The molecule has 1 aromatic carbocycles. The van der Waals surface area contributed by atoms with E-state index in [0.29, 0.717) is 16.2 Å². The van der Waals surface area contributed by atoms with E-state index in [-0.39, 0.29) is 10.2 Å². The molecule has 0 radical (unpaired) electrons. The molecule has 0 saturated carbocycles. The van der Waals surface area contributed by atoms with Crippen LogP contribution >= 0.6 is 22.9 Å². The smallest absolute Gasteiger partial charge is 0.287 e. The lowest BCUT2D eigenvalue weighted by Gasteiger charge is -2.08. The molecule has 0 amide bonds. The molecule has 118 valence electrons. The van der Waals surface area contributed by atoms with Gasteiger partial charge in [0, 0.05) is 29.2 Å². The summed E-state index contributed by atoms with van der Waals surface area (Å²) >= 11 is 7.40. The highest BCUT2D eigenvalue weighted by atomic mass is 35.5. The molecule has 0 saturated heterocycles. The molecule has 0 aliphatic rings. The first-order valence-electron chi connectivity index (χ1n) is 6.54. The van der Waals surface area contributed by atoms with Gasteiger partial charge in [-0.15, -0.1) is 11.3 Å². The van der Waals surface area contributed by atoms with Crippen molar-refractivity contribution >= 4 is 48.8 Å². The summed E-state index contributed by atoms with van der Waals surface area (Å²) in [4.78, 5) is 4.62. The summed E-state index contributed by atoms with van der Waals surface area (Å²) in [6, 6.07) is 6.99. The molecule has 4 aromatic rings. The van der Waals surface area contributed by atoms with Gasteiger partial charge >= 0.3 is 0 Å². The number of ether oxygens (including phenoxy) is 1. The summed E-state index contributed by atoms with van der Waals surface area (Å²) in [5.74, 6) is 0.577. The minimum atomic E-state index is -3.89. The van der Waals surface area contributed by atoms with Crippen LogP contribution in [0.5, 0.6) is 5.75 Å². The van der Waals surface area contributed by atoms with Crippen molar-refractivity contribution in [2.24, 2.45) is 0 Å². The predicted octanol–water partition coefficient (Wildman–Crippen LogP) is 3.25. The molecule has 23 heavy (non-hydrogen) atoms. The number of benzene rings is 1. The standard InChI is InChI=1S/C14H10ClN3O3S2/c1-21-10-3-2-9-4-5-18(11(9)8-10)23(19,20)13-12(15)16-14-17(13)6-7-22-14/h2-8H,1H3. The molecule has 4 rings (SSSR count). The van der Waals surface area contributed by atoms with Gasteiger partial charge in [0.2, 0.25) is 5.03 Å². The number of halogens is 1. The summed E-state index contributed by atoms with van der Waals surface area (Å²) in [5, 5.41) is 2.46. The van der Waals surface area contributed by atoms with Crippen molar-refractivity contribution in [1.29, 1.82) is 0 Å². The van der Waals surface area contributed by atoms with Gasteiger partial charge in [0.1, 0.15) is 5.75 Å². The maximum atomic E-state index is 13.1. The van der Waals surface area contributed by atoms with Crippen LogP contribution in [0.25, 0.3) is 15.9 Å². The van der Waals surface area contributed by atoms with E-state index in [9.17, 15) is 8.42 Å². The van der Waals surface area contributed by atoms with Crippen LogP contribution in [0.2, 0.25) is 5.15 Å². The quantitative estimate of drug-likeness (QED) is 0.557. The first-order valence-corrected chi connectivity index (χ1v) is 9.24. The Morgan fingerprint density at radius 2 is 2.09 bits per heavy atom. The Morgan fingerprint density at radius 3 is 2.87 bits per heavy atom. The summed E-state index contributed by atoms with van der Waals surface area (Å²) in [7, 11) is -2.36. The van der Waals surface area contributed by atoms with Gasteiger partial charge in [-0.05, 0) is 18.2 Å². The molecule has 9 heteroatoms. The Hall–Kier alpha value is -2.03. The molecule has 0 fully saturated rings. The second-order valence-corrected chi connectivity index (χ2v) is 7.77. The second-order valence-electron chi connectivity index (χ2n) is 4.80. The van der Waals surface area contributed by atoms with Gasteiger partial charge < -0.3 is 4.74 Å². The van der Waals surface area contributed by atoms with Crippen LogP contribution in [0.4, 0.5) is 0 Å². The Bertz CT molecular complexity index is 1140. The monoisotopic (exact) mass is 367 g/mol. The maximum absolute atomic E-state index is 13.1. The highest BCUT2D eigenvalue weighted by molar-refractivity contribution is 7.90. The topological polar surface area (TPSA) is 65.6 Å². The third-order valence-electron chi connectivity index (χ3n) is 3.55. The minimum Gasteiger partial charge on any atom is -0.497 e. The summed E-state index contributed by atoms with van der Waals surface area (Å²) < 4.78 is 34.0. The molecule has 3 heterocycles. The molecule has 0 N–H and O–H groups in total. The largest absolute Gasteiger partial charge is 0.497 e. The van der Waals surface area contributed by atoms with E-state index in [2.05, 4.69) is 4.98 Å². The average Bonchev–Trinajstić information content (AvgIpc) is 3.19. The molecule has 0 bridgehead atoms. The zero-order valence-corrected chi connectivity index (χ0v) is 14.2. The van der Waals surface area contributed by atoms with Gasteiger partial charge in [0.15, 0.2) is 10.1 Å². The third-order valence-corrected chi connectivity index (χ3v) is 6.39. The fourth-order valence-electron chi connectivity index (χ4n) is 2.48. The lowest BCUT2D eigenvalue weighted by Crippen LogP contribution is -2.14. The Labute approximate surface area is 140 Å². The van der Waals surface area contributed by atoms with E-state index in [1.165, 1.54) is 33.0 Å². The van der Waals surface area contributed by atoms with Crippen molar-refractivity contribution in [3.8, 4) is 5.75 Å². The lowest BCUT2D eigenvalue weighted by molar-refractivity contribution is 0.415. The van der Waals surface area contributed by atoms with Gasteiger partial charge in [0.25, 0.3) is 10.0 Å². The first kappa shape index (κ1) is 14.6. The third kappa shape index (κ3) is 2.06. The number of hydrogen-bond donors (Lipinski definition) is 0. The molecule has 0 spiro atoms. The van der Waals surface area contributed by atoms with Gasteiger partial charge in [-0.25, -0.2) is 8.96 Å². The summed E-state index contributed by atoms with van der Waals surface area (Å²) in [6.45, 7) is 0. The number of thiazole rings is 1. The van der Waals surface area contributed by atoms with Crippen LogP contribution < -0.4 is 4.74 Å². The van der Waals surface area contributed by atoms with Gasteiger partial charge in [-0.1, -0.05) is 11.6 Å². The molecule has 0 aliphatic carbocycles. The number of imidazole rings is 1. The van der Waals surface area contributed by atoms with Gasteiger partial charge in [-0.2, -0.15) is 8.42 Å². The van der Waals surface area contributed by atoms with E-state index < -0.39 is 10.0 Å². The lowest BCUT2D eigenvalue weighted by atomic mass is 10.2.